The minimum absolute atomic E-state index is 0.181. The maximum absolute atomic E-state index is 10.7. The van der Waals surface area contributed by atoms with Gasteiger partial charge in [-0.2, -0.15) is 0 Å². The molecule has 0 aliphatic carbocycles. The highest BCUT2D eigenvalue weighted by Gasteiger charge is 2.10. The van der Waals surface area contributed by atoms with Gasteiger partial charge in [-0.1, -0.05) is 12.1 Å². The summed E-state index contributed by atoms with van der Waals surface area (Å²) >= 11 is 0. The normalized spacial score (nSPS) is 9.11. The number of hydrogen-bond donors (Lipinski definition) is 0. The van der Waals surface area contributed by atoms with Crippen LogP contribution in [0.15, 0.2) is 24.3 Å². The van der Waals surface area contributed by atoms with Crippen molar-refractivity contribution >= 4 is 14.0 Å². The first kappa shape index (κ1) is 16.7. The number of methoxy groups -OCH3 is 1. The highest BCUT2D eigenvalue weighted by Crippen LogP contribution is 2.18. The van der Waals surface area contributed by atoms with E-state index in [2.05, 4.69) is 9.05 Å². The van der Waals surface area contributed by atoms with Crippen LogP contribution in [0, 0.1) is 0 Å². The Morgan fingerprint density at radius 3 is 1.89 bits per heavy atom. The Balaban J connectivity index is 0.000000411. The fourth-order valence-corrected chi connectivity index (χ4v) is 1.25. The van der Waals surface area contributed by atoms with Crippen molar-refractivity contribution in [3.8, 4) is 5.75 Å². The van der Waals surface area contributed by atoms with Crippen molar-refractivity contribution in [2.75, 3.05) is 21.3 Å². The second-order valence-corrected chi connectivity index (χ2v) is 4.49. The molecule has 0 atom stereocenters. The summed E-state index contributed by atoms with van der Waals surface area (Å²) < 4.78 is 23.2. The number of Topliss-reactive ketones (excluding diaryl/α,β-unsaturated/α-hetero) is 1. The largest absolute Gasteiger partial charge is 0.696 e. The average Bonchev–Trinajstić information content (AvgIpc) is 2.38. The van der Waals surface area contributed by atoms with E-state index in [0.29, 0.717) is 6.42 Å². The van der Waals surface area contributed by atoms with Crippen LogP contribution in [0.25, 0.3) is 0 Å². The predicted molar refractivity (Wildman–Crippen MR) is 69.0 cm³/mol. The second-order valence-electron chi connectivity index (χ2n) is 3.32. The lowest BCUT2D eigenvalue weighted by Crippen LogP contribution is -1.95. The van der Waals surface area contributed by atoms with E-state index in [0.717, 1.165) is 11.3 Å². The lowest BCUT2D eigenvalue weighted by molar-refractivity contribution is -0.116. The van der Waals surface area contributed by atoms with Crippen molar-refractivity contribution < 1.29 is 23.1 Å². The molecule has 0 aliphatic heterocycles. The molecule has 0 radical (unpaired) electrons. The van der Waals surface area contributed by atoms with Gasteiger partial charge >= 0.3 is 8.25 Å². The number of ketones is 1. The van der Waals surface area contributed by atoms with Gasteiger partial charge in [0.2, 0.25) is 0 Å². The summed E-state index contributed by atoms with van der Waals surface area (Å²) in [5.41, 5.74) is 1.03. The van der Waals surface area contributed by atoms with Gasteiger partial charge in [0.05, 0.1) is 21.3 Å². The molecule has 0 aromatic heterocycles. The van der Waals surface area contributed by atoms with Crippen LogP contribution in [0.5, 0.6) is 5.75 Å². The molecule has 100 valence electrons. The molecule has 1 aromatic rings. The standard InChI is InChI=1S/C10H12O2.C2H6O3P/c1-8(11)7-9-3-5-10(12-2)6-4-9;1-4-6(3)5-2/h3-6H,7H2,1-2H3;1-2H3/q;+1. The van der Waals surface area contributed by atoms with Crippen molar-refractivity contribution in [3.63, 3.8) is 0 Å². The molecule has 0 fully saturated rings. The van der Waals surface area contributed by atoms with Gasteiger partial charge in [-0.05, 0) is 24.6 Å². The molecule has 0 bridgehead atoms. The zero-order valence-corrected chi connectivity index (χ0v) is 11.9. The highest BCUT2D eigenvalue weighted by molar-refractivity contribution is 7.33. The van der Waals surface area contributed by atoms with Gasteiger partial charge in [0.1, 0.15) is 11.5 Å². The smallest absolute Gasteiger partial charge is 0.497 e. The minimum Gasteiger partial charge on any atom is -0.497 e. The molecule has 0 amide bonds. The summed E-state index contributed by atoms with van der Waals surface area (Å²) in [7, 11) is 2.44. The molecule has 0 saturated carbocycles. The Labute approximate surface area is 108 Å². The van der Waals surface area contributed by atoms with E-state index in [-0.39, 0.29) is 5.78 Å². The van der Waals surface area contributed by atoms with Crippen LogP contribution >= 0.6 is 8.25 Å². The van der Waals surface area contributed by atoms with Gasteiger partial charge in [-0.3, -0.25) is 4.79 Å². The maximum atomic E-state index is 10.7. The van der Waals surface area contributed by atoms with E-state index >= 15 is 0 Å². The van der Waals surface area contributed by atoms with Gasteiger partial charge in [0.15, 0.2) is 0 Å². The molecular weight excluding hydrogens is 255 g/mol. The van der Waals surface area contributed by atoms with Gasteiger partial charge in [0.25, 0.3) is 0 Å². The van der Waals surface area contributed by atoms with Crippen LogP contribution in [-0.4, -0.2) is 27.1 Å². The quantitative estimate of drug-likeness (QED) is 0.772. The highest BCUT2D eigenvalue weighted by atomic mass is 31.1. The first-order valence-electron chi connectivity index (χ1n) is 5.21. The minimum atomic E-state index is -1.83. The third-order valence-electron chi connectivity index (χ3n) is 1.91. The molecule has 0 N–H and O–H groups in total. The predicted octanol–water partition coefficient (Wildman–Crippen LogP) is 2.76. The molecule has 6 heteroatoms. The molecule has 1 rings (SSSR count). The Bertz CT molecular complexity index is 369. The third kappa shape index (κ3) is 7.90. The average molecular weight is 273 g/mol. The molecule has 1 aromatic carbocycles. The lowest BCUT2D eigenvalue weighted by Gasteiger charge is -2.00. The summed E-state index contributed by atoms with van der Waals surface area (Å²) in [6, 6.07) is 7.52. The molecule has 0 heterocycles. The van der Waals surface area contributed by atoms with Crippen LogP contribution in [0.1, 0.15) is 12.5 Å². The van der Waals surface area contributed by atoms with Crippen molar-refractivity contribution in [1.29, 1.82) is 0 Å². The van der Waals surface area contributed by atoms with E-state index in [1.807, 2.05) is 24.3 Å². The van der Waals surface area contributed by atoms with Crippen LogP contribution < -0.4 is 4.74 Å². The van der Waals surface area contributed by atoms with E-state index in [1.165, 1.54) is 14.2 Å². The third-order valence-corrected chi connectivity index (χ3v) is 2.51. The van der Waals surface area contributed by atoms with E-state index < -0.39 is 8.25 Å². The van der Waals surface area contributed by atoms with Crippen LogP contribution in [0.3, 0.4) is 0 Å². The number of rotatable bonds is 5. The second kappa shape index (κ2) is 9.71. The zero-order chi connectivity index (χ0) is 14.0. The first-order valence-corrected chi connectivity index (χ1v) is 6.30. The Morgan fingerprint density at radius 2 is 1.61 bits per heavy atom. The number of benzene rings is 1. The molecule has 5 nitrogen and oxygen atoms in total. The van der Waals surface area contributed by atoms with Gasteiger partial charge in [-0.25, -0.2) is 0 Å². The number of carbonyl (C=O) groups is 1. The molecule has 0 unspecified atom stereocenters. The van der Waals surface area contributed by atoms with Crippen LogP contribution in [0.2, 0.25) is 0 Å². The van der Waals surface area contributed by atoms with Crippen molar-refractivity contribution in [2.24, 2.45) is 0 Å². The lowest BCUT2D eigenvalue weighted by atomic mass is 10.1. The van der Waals surface area contributed by atoms with Crippen LogP contribution in [0.4, 0.5) is 0 Å². The monoisotopic (exact) mass is 273 g/mol. The number of hydrogen-bond acceptors (Lipinski definition) is 5. The van der Waals surface area contributed by atoms with Crippen molar-refractivity contribution in [1.82, 2.24) is 0 Å². The fraction of sp³-hybridized carbons (Fsp3) is 0.417. The molecule has 18 heavy (non-hydrogen) atoms. The Hall–Kier alpha value is -1.29. The summed E-state index contributed by atoms with van der Waals surface area (Å²) in [5.74, 6) is 1.00. The summed E-state index contributed by atoms with van der Waals surface area (Å²) in [6.45, 7) is 1.59. The summed E-state index contributed by atoms with van der Waals surface area (Å²) in [6.07, 6.45) is 0.504. The number of carbonyl (C=O) groups excluding carboxylic acids is 1. The molecule has 0 saturated heterocycles. The number of ether oxygens (including phenoxy) is 1. The van der Waals surface area contributed by atoms with E-state index in [9.17, 15) is 9.36 Å². The molecular formula is C12H18O5P+. The maximum Gasteiger partial charge on any atom is 0.696 e. The van der Waals surface area contributed by atoms with Gasteiger partial charge in [-0.15, -0.1) is 9.05 Å². The Morgan fingerprint density at radius 1 is 1.11 bits per heavy atom. The zero-order valence-electron chi connectivity index (χ0n) is 11.0. The topological polar surface area (TPSA) is 61.8 Å². The summed E-state index contributed by atoms with van der Waals surface area (Å²) in [5, 5.41) is 0. The van der Waals surface area contributed by atoms with Crippen molar-refractivity contribution in [3.05, 3.63) is 29.8 Å². The van der Waals surface area contributed by atoms with Gasteiger partial charge in [0, 0.05) is 11.0 Å². The SMILES string of the molecule is CO[P+](=O)OC.COc1ccc(CC(C)=O)cc1. The molecule has 0 spiro atoms. The molecule has 0 aliphatic rings. The summed E-state index contributed by atoms with van der Waals surface area (Å²) in [4.78, 5) is 10.7. The van der Waals surface area contributed by atoms with E-state index in [1.54, 1.807) is 14.0 Å². The first-order chi connectivity index (χ1) is 8.53. The Kier molecular flexibility index (Phi) is 9.01. The van der Waals surface area contributed by atoms with E-state index in [4.69, 9.17) is 4.74 Å². The van der Waals surface area contributed by atoms with Crippen molar-refractivity contribution in [2.45, 2.75) is 13.3 Å². The van der Waals surface area contributed by atoms with Gasteiger partial charge < -0.3 is 4.74 Å². The van der Waals surface area contributed by atoms with Crippen LogP contribution in [-0.2, 0) is 24.8 Å². The fourth-order valence-electron chi connectivity index (χ4n) is 1.11.